The van der Waals surface area contributed by atoms with Gasteiger partial charge in [-0.3, -0.25) is 19.0 Å². The van der Waals surface area contributed by atoms with E-state index in [9.17, 15) is 18.8 Å². The summed E-state index contributed by atoms with van der Waals surface area (Å²) < 4.78 is 15.6. The SMILES string of the molecule is Cc1ccc(NC(=O)Cn2cnc3nc(N4CCC[C@H](C(=O)NC5CC5)C4)sc3c2=O)c(F)c1. The maximum atomic E-state index is 14.0. The van der Waals surface area contributed by atoms with E-state index in [1.807, 2.05) is 4.90 Å². The summed E-state index contributed by atoms with van der Waals surface area (Å²) in [5.74, 6) is -1.08. The van der Waals surface area contributed by atoms with Crippen molar-refractivity contribution in [1.29, 1.82) is 0 Å². The normalized spacial score (nSPS) is 18.2. The number of nitrogens with zero attached hydrogens (tertiary/aromatic N) is 4. The molecule has 3 heterocycles. The van der Waals surface area contributed by atoms with Crippen molar-refractivity contribution in [1.82, 2.24) is 19.9 Å². The molecule has 9 nitrogen and oxygen atoms in total. The maximum Gasteiger partial charge on any atom is 0.273 e. The minimum atomic E-state index is -0.535. The Labute approximate surface area is 199 Å². The first-order valence-corrected chi connectivity index (χ1v) is 12.2. The Hall–Kier alpha value is -3.34. The molecule has 0 bridgehead atoms. The quantitative estimate of drug-likeness (QED) is 0.556. The van der Waals surface area contributed by atoms with E-state index in [1.54, 1.807) is 13.0 Å². The van der Waals surface area contributed by atoms with Gasteiger partial charge in [0.2, 0.25) is 11.8 Å². The van der Waals surface area contributed by atoms with E-state index >= 15 is 0 Å². The van der Waals surface area contributed by atoms with Crippen LogP contribution in [0.15, 0.2) is 29.3 Å². The Morgan fingerprint density at radius 2 is 2.09 bits per heavy atom. The molecule has 2 fully saturated rings. The summed E-state index contributed by atoms with van der Waals surface area (Å²) in [5.41, 5.74) is 0.734. The number of hydrogen-bond donors (Lipinski definition) is 2. The number of nitrogens with one attached hydrogen (secondary N) is 2. The molecule has 178 valence electrons. The molecule has 1 atom stereocenters. The first kappa shape index (κ1) is 22.5. The minimum Gasteiger partial charge on any atom is -0.353 e. The van der Waals surface area contributed by atoms with Crippen LogP contribution in [0.2, 0.25) is 0 Å². The van der Waals surface area contributed by atoms with Crippen molar-refractivity contribution in [3.05, 3.63) is 46.3 Å². The van der Waals surface area contributed by atoms with Crippen molar-refractivity contribution in [2.75, 3.05) is 23.3 Å². The van der Waals surface area contributed by atoms with Gasteiger partial charge in [0.05, 0.1) is 11.6 Å². The molecule has 1 aliphatic heterocycles. The van der Waals surface area contributed by atoms with E-state index in [1.165, 1.54) is 34.4 Å². The summed E-state index contributed by atoms with van der Waals surface area (Å²) in [7, 11) is 0. The zero-order valence-corrected chi connectivity index (χ0v) is 19.5. The number of piperidine rings is 1. The first-order chi connectivity index (χ1) is 16.4. The van der Waals surface area contributed by atoms with Crippen molar-refractivity contribution >= 4 is 44.3 Å². The molecule has 0 unspecified atom stereocenters. The minimum absolute atomic E-state index is 0.0585. The highest BCUT2D eigenvalue weighted by Gasteiger charge is 2.31. The Morgan fingerprint density at radius 1 is 1.26 bits per heavy atom. The average molecular weight is 485 g/mol. The van der Waals surface area contributed by atoms with Gasteiger partial charge in [-0.1, -0.05) is 17.4 Å². The molecule has 2 aromatic heterocycles. The maximum absolute atomic E-state index is 14.0. The molecule has 0 spiro atoms. The zero-order chi connectivity index (χ0) is 23.8. The van der Waals surface area contributed by atoms with Crippen molar-refractivity contribution in [3.8, 4) is 0 Å². The van der Waals surface area contributed by atoms with Crippen molar-refractivity contribution in [2.45, 2.75) is 45.2 Å². The molecule has 34 heavy (non-hydrogen) atoms. The van der Waals surface area contributed by atoms with E-state index in [2.05, 4.69) is 20.6 Å². The smallest absolute Gasteiger partial charge is 0.273 e. The summed E-state index contributed by atoms with van der Waals surface area (Å²) in [6.07, 6.45) is 5.08. The van der Waals surface area contributed by atoms with Gasteiger partial charge in [0, 0.05) is 19.1 Å². The average Bonchev–Trinajstić information content (AvgIpc) is 3.52. The Morgan fingerprint density at radius 3 is 2.85 bits per heavy atom. The lowest BCUT2D eigenvalue weighted by molar-refractivity contribution is -0.125. The molecule has 2 N–H and O–H groups in total. The van der Waals surface area contributed by atoms with Crippen LogP contribution < -0.4 is 21.1 Å². The van der Waals surface area contributed by atoms with Gasteiger partial charge in [0.25, 0.3) is 5.56 Å². The van der Waals surface area contributed by atoms with Crippen LogP contribution in [-0.4, -0.2) is 45.5 Å². The standard InChI is InChI=1S/C23H25FN6O3S/c1-13-4-7-17(16(24)9-13)27-18(31)11-30-12-25-20-19(22(30)33)34-23(28-20)29-8-2-3-14(10-29)21(32)26-15-5-6-15/h4,7,9,12,14-15H,2-3,5-6,8,10-11H2,1H3,(H,26,32)(H,27,31)/t14-/m0/s1. The van der Waals surface area contributed by atoms with Crippen LogP contribution in [0.1, 0.15) is 31.2 Å². The second-order valence-electron chi connectivity index (χ2n) is 8.93. The highest BCUT2D eigenvalue weighted by atomic mass is 32.1. The third-order valence-corrected chi connectivity index (χ3v) is 7.16. The van der Waals surface area contributed by atoms with Crippen molar-refractivity contribution < 1.29 is 14.0 Å². The van der Waals surface area contributed by atoms with E-state index in [0.717, 1.165) is 37.8 Å². The predicted octanol–water partition coefficient (Wildman–Crippen LogP) is 2.43. The number of anilines is 2. The van der Waals surface area contributed by atoms with Gasteiger partial charge in [-0.25, -0.2) is 9.37 Å². The second-order valence-corrected chi connectivity index (χ2v) is 9.90. The number of carbonyl (C=O) groups is 2. The largest absolute Gasteiger partial charge is 0.353 e. The summed E-state index contributed by atoms with van der Waals surface area (Å²) in [6, 6.07) is 4.83. The van der Waals surface area contributed by atoms with Gasteiger partial charge in [-0.15, -0.1) is 0 Å². The van der Waals surface area contributed by atoms with Crippen LogP contribution in [0.5, 0.6) is 0 Å². The van der Waals surface area contributed by atoms with Crippen LogP contribution >= 0.6 is 11.3 Å². The predicted molar refractivity (Wildman–Crippen MR) is 128 cm³/mol. The lowest BCUT2D eigenvalue weighted by Crippen LogP contribution is -2.43. The number of fused-ring (bicyclic) bond motifs is 1. The number of carbonyl (C=O) groups excluding carboxylic acids is 2. The fourth-order valence-electron chi connectivity index (χ4n) is 4.06. The van der Waals surface area contributed by atoms with Crippen LogP contribution in [0.3, 0.4) is 0 Å². The molecule has 1 saturated heterocycles. The number of thiazole rings is 1. The molecule has 1 aromatic carbocycles. The molecular formula is C23H25FN6O3S. The van der Waals surface area contributed by atoms with E-state index < -0.39 is 11.7 Å². The lowest BCUT2D eigenvalue weighted by Gasteiger charge is -2.31. The van der Waals surface area contributed by atoms with Gasteiger partial charge in [-0.2, -0.15) is 4.98 Å². The first-order valence-electron chi connectivity index (χ1n) is 11.3. The summed E-state index contributed by atoms with van der Waals surface area (Å²) in [5, 5.41) is 6.21. The molecule has 11 heteroatoms. The Kier molecular flexibility index (Phi) is 6.03. The van der Waals surface area contributed by atoms with Crippen LogP contribution in [-0.2, 0) is 16.1 Å². The lowest BCUT2D eigenvalue weighted by atomic mass is 9.97. The van der Waals surface area contributed by atoms with Gasteiger partial charge < -0.3 is 15.5 Å². The molecule has 1 saturated carbocycles. The number of benzene rings is 1. The van der Waals surface area contributed by atoms with Gasteiger partial charge in [-0.05, 0) is 50.3 Å². The molecular weight excluding hydrogens is 459 g/mol. The highest BCUT2D eigenvalue weighted by Crippen LogP contribution is 2.30. The monoisotopic (exact) mass is 484 g/mol. The van der Waals surface area contributed by atoms with Gasteiger partial charge in [0.15, 0.2) is 10.8 Å². The molecule has 0 radical (unpaired) electrons. The third-order valence-electron chi connectivity index (χ3n) is 6.07. The zero-order valence-electron chi connectivity index (χ0n) is 18.7. The number of hydrogen-bond acceptors (Lipinski definition) is 7. The number of aromatic nitrogens is 3. The van der Waals surface area contributed by atoms with E-state index in [-0.39, 0.29) is 29.6 Å². The van der Waals surface area contributed by atoms with Gasteiger partial charge >= 0.3 is 0 Å². The summed E-state index contributed by atoms with van der Waals surface area (Å²) >= 11 is 1.22. The number of halogens is 1. The molecule has 5 rings (SSSR count). The van der Waals surface area contributed by atoms with Crippen molar-refractivity contribution in [3.63, 3.8) is 0 Å². The molecule has 2 aliphatic rings. The molecule has 1 aliphatic carbocycles. The summed E-state index contributed by atoms with van der Waals surface area (Å²) in [4.78, 5) is 48.7. The van der Waals surface area contributed by atoms with Crippen LogP contribution in [0.4, 0.5) is 15.2 Å². The molecule has 3 aromatic rings. The topological polar surface area (TPSA) is 109 Å². The fourth-order valence-corrected chi connectivity index (χ4v) is 5.06. The summed E-state index contributed by atoms with van der Waals surface area (Å²) in [6.45, 7) is 2.77. The second kappa shape index (κ2) is 9.13. The highest BCUT2D eigenvalue weighted by molar-refractivity contribution is 7.22. The Bertz CT molecular complexity index is 1320. The molecule has 2 amide bonds. The van der Waals surface area contributed by atoms with E-state index in [0.29, 0.717) is 28.1 Å². The third kappa shape index (κ3) is 4.79. The number of aryl methyl sites for hydroxylation is 1. The van der Waals surface area contributed by atoms with Crippen LogP contribution in [0, 0.1) is 18.7 Å². The van der Waals surface area contributed by atoms with Crippen LogP contribution in [0.25, 0.3) is 10.3 Å². The number of rotatable bonds is 6. The Balaban J connectivity index is 1.30. The van der Waals surface area contributed by atoms with Crippen molar-refractivity contribution in [2.24, 2.45) is 5.92 Å². The fraction of sp³-hybridized carbons (Fsp3) is 0.435. The van der Waals surface area contributed by atoms with E-state index in [4.69, 9.17) is 0 Å². The number of amides is 2. The van der Waals surface area contributed by atoms with Gasteiger partial charge in [0.1, 0.15) is 23.4 Å².